The van der Waals surface area contributed by atoms with Crippen molar-refractivity contribution < 1.29 is 14.7 Å². The normalized spacial score (nSPS) is 15.3. The second-order valence-electron chi connectivity index (χ2n) is 3.13. The van der Waals surface area contributed by atoms with Crippen LogP contribution in [-0.4, -0.2) is 24.6 Å². The van der Waals surface area contributed by atoms with Gasteiger partial charge in [0.25, 0.3) is 0 Å². The molecule has 0 radical (unpaired) electrons. The van der Waals surface area contributed by atoms with Crippen molar-refractivity contribution in [2.45, 2.75) is 6.42 Å². The van der Waals surface area contributed by atoms with Crippen molar-refractivity contribution in [3.05, 3.63) is 22.2 Å². The van der Waals surface area contributed by atoms with Crippen molar-refractivity contribution in [2.24, 2.45) is 5.16 Å². The van der Waals surface area contributed by atoms with Crippen LogP contribution in [0.2, 0.25) is 0 Å². The Morgan fingerprint density at radius 1 is 1.33 bits per heavy atom. The molecule has 0 aromatic heterocycles. The number of halogens is 1. The molecule has 0 saturated carbocycles. The van der Waals surface area contributed by atoms with Crippen LogP contribution in [0.1, 0.15) is 12.0 Å². The van der Waals surface area contributed by atoms with Crippen molar-refractivity contribution in [1.29, 1.82) is 0 Å². The van der Waals surface area contributed by atoms with Gasteiger partial charge in [0.2, 0.25) is 0 Å². The second-order valence-corrected chi connectivity index (χ2v) is 3.98. The average Bonchev–Trinajstić information content (AvgIpc) is 2.43. The minimum Gasteiger partial charge on any atom is -0.489 e. The van der Waals surface area contributed by atoms with E-state index in [-0.39, 0.29) is 0 Å². The van der Waals surface area contributed by atoms with E-state index in [1.165, 1.54) is 6.21 Å². The third kappa shape index (κ3) is 2.23. The summed E-state index contributed by atoms with van der Waals surface area (Å²) in [6, 6.07) is 3.60. The van der Waals surface area contributed by atoms with E-state index >= 15 is 0 Å². The molecule has 0 bridgehead atoms. The second kappa shape index (κ2) is 4.53. The molecule has 1 aliphatic heterocycles. The van der Waals surface area contributed by atoms with Gasteiger partial charge in [-0.1, -0.05) is 5.16 Å². The Morgan fingerprint density at radius 2 is 2.13 bits per heavy atom. The van der Waals surface area contributed by atoms with Gasteiger partial charge >= 0.3 is 0 Å². The molecule has 1 aliphatic rings. The SMILES string of the molecule is O/N=C/c1cc(Br)c2c(c1)OCCCO2. The van der Waals surface area contributed by atoms with Gasteiger partial charge in [0, 0.05) is 12.0 Å². The molecule has 1 aromatic rings. The molecule has 80 valence electrons. The molecule has 0 amide bonds. The predicted molar refractivity (Wildman–Crippen MR) is 59.1 cm³/mol. The van der Waals surface area contributed by atoms with Gasteiger partial charge < -0.3 is 14.7 Å². The summed E-state index contributed by atoms with van der Waals surface area (Å²) in [4.78, 5) is 0. The largest absolute Gasteiger partial charge is 0.489 e. The fourth-order valence-electron chi connectivity index (χ4n) is 1.39. The number of nitrogens with zero attached hydrogens (tertiary/aromatic N) is 1. The van der Waals surface area contributed by atoms with E-state index in [2.05, 4.69) is 21.1 Å². The lowest BCUT2D eigenvalue weighted by Gasteiger charge is -2.09. The number of fused-ring (bicyclic) bond motifs is 1. The van der Waals surface area contributed by atoms with Crippen molar-refractivity contribution in [3.8, 4) is 11.5 Å². The summed E-state index contributed by atoms with van der Waals surface area (Å²) in [6.45, 7) is 1.29. The predicted octanol–water partition coefficient (Wildman–Crippen LogP) is 2.42. The zero-order valence-corrected chi connectivity index (χ0v) is 9.53. The maximum absolute atomic E-state index is 8.45. The summed E-state index contributed by atoms with van der Waals surface area (Å²) in [7, 11) is 0. The van der Waals surface area contributed by atoms with Crippen LogP contribution in [-0.2, 0) is 0 Å². The van der Waals surface area contributed by atoms with Crippen LogP contribution in [0.4, 0.5) is 0 Å². The summed E-state index contributed by atoms with van der Waals surface area (Å²) >= 11 is 3.39. The Kier molecular flexibility index (Phi) is 3.11. The topological polar surface area (TPSA) is 51.1 Å². The number of hydrogen-bond acceptors (Lipinski definition) is 4. The lowest BCUT2D eigenvalue weighted by atomic mass is 10.2. The first-order valence-electron chi connectivity index (χ1n) is 4.58. The molecule has 5 heteroatoms. The van der Waals surface area contributed by atoms with Gasteiger partial charge in [-0.2, -0.15) is 0 Å². The van der Waals surface area contributed by atoms with Crippen LogP contribution in [0.3, 0.4) is 0 Å². The fraction of sp³-hybridized carbons (Fsp3) is 0.300. The fourth-order valence-corrected chi connectivity index (χ4v) is 1.97. The summed E-state index contributed by atoms with van der Waals surface area (Å²) < 4.78 is 11.9. The quantitative estimate of drug-likeness (QED) is 0.485. The molecule has 15 heavy (non-hydrogen) atoms. The first-order valence-corrected chi connectivity index (χ1v) is 5.37. The van der Waals surface area contributed by atoms with Gasteiger partial charge in [-0.25, -0.2) is 0 Å². The molecule has 0 aliphatic carbocycles. The molecule has 0 fully saturated rings. The van der Waals surface area contributed by atoms with E-state index in [1.54, 1.807) is 6.07 Å². The monoisotopic (exact) mass is 271 g/mol. The lowest BCUT2D eigenvalue weighted by Crippen LogP contribution is -1.97. The van der Waals surface area contributed by atoms with Crippen molar-refractivity contribution in [1.82, 2.24) is 0 Å². The molecule has 1 N–H and O–H groups in total. The van der Waals surface area contributed by atoms with Gasteiger partial charge in [0.1, 0.15) is 0 Å². The minimum atomic E-state index is 0.638. The van der Waals surface area contributed by atoms with Gasteiger partial charge in [0.15, 0.2) is 11.5 Å². The number of ether oxygens (including phenoxy) is 2. The van der Waals surface area contributed by atoms with Crippen LogP contribution >= 0.6 is 15.9 Å². The molecule has 2 rings (SSSR count). The van der Waals surface area contributed by atoms with Crippen molar-refractivity contribution in [2.75, 3.05) is 13.2 Å². The summed E-state index contributed by atoms with van der Waals surface area (Å²) in [5.41, 5.74) is 0.758. The minimum absolute atomic E-state index is 0.638. The third-order valence-corrected chi connectivity index (χ3v) is 2.62. The molecule has 1 aromatic carbocycles. The molecule has 0 spiro atoms. The van der Waals surface area contributed by atoms with Crippen LogP contribution < -0.4 is 9.47 Å². The molecule has 1 heterocycles. The zero-order chi connectivity index (χ0) is 10.7. The van der Waals surface area contributed by atoms with Crippen molar-refractivity contribution in [3.63, 3.8) is 0 Å². The van der Waals surface area contributed by atoms with Crippen LogP contribution in [0.5, 0.6) is 11.5 Å². The van der Waals surface area contributed by atoms with E-state index < -0.39 is 0 Å². The van der Waals surface area contributed by atoms with E-state index in [9.17, 15) is 0 Å². The highest BCUT2D eigenvalue weighted by atomic mass is 79.9. The number of oxime groups is 1. The smallest absolute Gasteiger partial charge is 0.175 e. The highest BCUT2D eigenvalue weighted by molar-refractivity contribution is 9.10. The lowest BCUT2D eigenvalue weighted by molar-refractivity contribution is 0.296. The molecular weight excluding hydrogens is 262 g/mol. The Hall–Kier alpha value is -1.23. The highest BCUT2D eigenvalue weighted by Crippen LogP contribution is 2.37. The molecule has 0 unspecified atom stereocenters. The standard InChI is InChI=1S/C10H10BrNO3/c11-8-4-7(6-12-13)5-9-10(8)15-3-1-2-14-9/h4-6,13H,1-3H2/b12-6+. The summed E-state index contributed by atoms with van der Waals surface area (Å²) in [5, 5.41) is 11.4. The maximum atomic E-state index is 8.45. The maximum Gasteiger partial charge on any atom is 0.175 e. The van der Waals surface area contributed by atoms with E-state index in [4.69, 9.17) is 14.7 Å². The average molecular weight is 272 g/mol. The Bertz CT molecular complexity index is 392. The zero-order valence-electron chi connectivity index (χ0n) is 7.94. The number of rotatable bonds is 1. The molecular formula is C10H10BrNO3. The Morgan fingerprint density at radius 3 is 2.93 bits per heavy atom. The van der Waals surface area contributed by atoms with Gasteiger partial charge in [0.05, 0.1) is 23.9 Å². The Labute approximate surface area is 95.6 Å². The van der Waals surface area contributed by atoms with Crippen molar-refractivity contribution >= 4 is 22.1 Å². The van der Waals surface area contributed by atoms with Crippen LogP contribution in [0.15, 0.2) is 21.8 Å². The molecule has 0 atom stereocenters. The summed E-state index contributed by atoms with van der Waals surface area (Å²) in [6.07, 6.45) is 2.21. The Balaban J connectivity index is 2.43. The van der Waals surface area contributed by atoms with Crippen LogP contribution in [0.25, 0.3) is 0 Å². The number of hydrogen-bond donors (Lipinski definition) is 1. The van der Waals surface area contributed by atoms with E-state index in [0.29, 0.717) is 24.7 Å². The number of benzene rings is 1. The summed E-state index contributed by atoms with van der Waals surface area (Å²) in [5.74, 6) is 1.39. The van der Waals surface area contributed by atoms with Gasteiger partial charge in [-0.15, -0.1) is 0 Å². The highest BCUT2D eigenvalue weighted by Gasteiger charge is 2.14. The first kappa shape index (κ1) is 10.3. The molecule has 0 saturated heterocycles. The third-order valence-electron chi connectivity index (χ3n) is 2.03. The van der Waals surface area contributed by atoms with Gasteiger partial charge in [-0.3, -0.25) is 0 Å². The van der Waals surface area contributed by atoms with E-state index in [0.717, 1.165) is 16.5 Å². The molecule has 4 nitrogen and oxygen atoms in total. The van der Waals surface area contributed by atoms with Gasteiger partial charge in [-0.05, 0) is 28.1 Å². The van der Waals surface area contributed by atoms with E-state index in [1.807, 2.05) is 6.07 Å². The first-order chi connectivity index (χ1) is 7.31. The van der Waals surface area contributed by atoms with Crippen LogP contribution in [0, 0.1) is 0 Å².